The minimum atomic E-state index is 0.0243. The van der Waals surface area contributed by atoms with Crippen molar-refractivity contribution in [3.8, 4) is 11.5 Å². The molecule has 1 aliphatic rings. The lowest BCUT2D eigenvalue weighted by Crippen LogP contribution is -2.19. The normalized spacial score (nSPS) is 15.2. The Morgan fingerprint density at radius 2 is 2.18 bits per heavy atom. The molecule has 92 valence electrons. The van der Waals surface area contributed by atoms with Crippen LogP contribution in [0.25, 0.3) is 0 Å². The van der Waals surface area contributed by atoms with Gasteiger partial charge in [-0.25, -0.2) is 0 Å². The van der Waals surface area contributed by atoms with E-state index in [0.717, 1.165) is 5.75 Å². The molecule has 0 aromatic heterocycles. The van der Waals surface area contributed by atoms with Crippen LogP contribution in [0.5, 0.6) is 11.5 Å². The van der Waals surface area contributed by atoms with Gasteiger partial charge in [0.25, 0.3) is 0 Å². The van der Waals surface area contributed by atoms with Gasteiger partial charge in [-0.2, -0.15) is 0 Å². The number of hydrogen-bond donors (Lipinski definition) is 0. The van der Waals surface area contributed by atoms with E-state index in [-0.39, 0.29) is 5.78 Å². The summed E-state index contributed by atoms with van der Waals surface area (Å²) >= 11 is 0. The number of benzene rings is 1. The quantitative estimate of drug-likeness (QED) is 0.734. The number of ketones is 1. The molecule has 0 bridgehead atoms. The van der Waals surface area contributed by atoms with Crippen LogP contribution in [0.4, 0.5) is 0 Å². The molecule has 0 unspecified atom stereocenters. The number of carbonyl (C=O) groups excluding carboxylic acids is 1. The van der Waals surface area contributed by atoms with Gasteiger partial charge in [-0.15, -0.1) is 0 Å². The van der Waals surface area contributed by atoms with Crippen molar-refractivity contribution in [1.29, 1.82) is 0 Å². The minimum Gasteiger partial charge on any atom is -0.497 e. The lowest BCUT2D eigenvalue weighted by Gasteiger charge is -2.25. The Kier molecular flexibility index (Phi) is 3.67. The maximum atomic E-state index is 11.5. The molecule has 2 rings (SSSR count). The summed E-state index contributed by atoms with van der Waals surface area (Å²) in [5.41, 5.74) is 0.630. The van der Waals surface area contributed by atoms with Crippen molar-refractivity contribution in [1.82, 2.24) is 0 Å². The maximum absolute atomic E-state index is 11.5. The molecule has 0 saturated heterocycles. The van der Waals surface area contributed by atoms with Crippen molar-refractivity contribution in [3.63, 3.8) is 0 Å². The van der Waals surface area contributed by atoms with Crippen LogP contribution in [0.3, 0.4) is 0 Å². The van der Waals surface area contributed by atoms with Gasteiger partial charge < -0.3 is 9.47 Å². The van der Waals surface area contributed by atoms with Gasteiger partial charge in [0.05, 0.1) is 19.3 Å². The molecule has 1 aliphatic carbocycles. The van der Waals surface area contributed by atoms with E-state index in [0.29, 0.717) is 23.8 Å². The van der Waals surface area contributed by atoms with Crippen molar-refractivity contribution in [2.75, 3.05) is 13.7 Å². The Labute approximate surface area is 102 Å². The molecule has 0 heterocycles. The van der Waals surface area contributed by atoms with E-state index < -0.39 is 0 Å². The van der Waals surface area contributed by atoms with E-state index >= 15 is 0 Å². The first-order chi connectivity index (χ1) is 8.20. The van der Waals surface area contributed by atoms with Crippen molar-refractivity contribution >= 4 is 5.78 Å². The van der Waals surface area contributed by atoms with Gasteiger partial charge in [-0.05, 0) is 37.8 Å². The zero-order valence-corrected chi connectivity index (χ0v) is 10.4. The molecule has 17 heavy (non-hydrogen) atoms. The van der Waals surface area contributed by atoms with Crippen LogP contribution in [-0.4, -0.2) is 19.5 Å². The lowest BCUT2D eigenvalue weighted by atomic mass is 9.86. The van der Waals surface area contributed by atoms with Gasteiger partial charge in [-0.3, -0.25) is 4.79 Å². The third kappa shape index (κ3) is 2.78. The number of rotatable bonds is 5. The van der Waals surface area contributed by atoms with E-state index in [1.807, 2.05) is 0 Å². The summed E-state index contributed by atoms with van der Waals surface area (Å²) in [4.78, 5) is 11.5. The van der Waals surface area contributed by atoms with Crippen LogP contribution >= 0.6 is 0 Å². The highest BCUT2D eigenvalue weighted by atomic mass is 16.5. The van der Waals surface area contributed by atoms with Crippen molar-refractivity contribution < 1.29 is 14.3 Å². The van der Waals surface area contributed by atoms with E-state index in [1.54, 1.807) is 32.2 Å². The van der Waals surface area contributed by atoms with E-state index in [9.17, 15) is 4.79 Å². The number of methoxy groups -OCH3 is 1. The number of ether oxygens (including phenoxy) is 2. The fourth-order valence-corrected chi connectivity index (χ4v) is 1.91. The van der Waals surface area contributed by atoms with Gasteiger partial charge in [0, 0.05) is 6.07 Å². The molecule has 1 aromatic rings. The molecule has 0 N–H and O–H groups in total. The van der Waals surface area contributed by atoms with E-state index in [2.05, 4.69) is 0 Å². The summed E-state index contributed by atoms with van der Waals surface area (Å²) in [6.07, 6.45) is 3.77. The second-order valence-corrected chi connectivity index (χ2v) is 4.53. The largest absolute Gasteiger partial charge is 0.497 e. The zero-order chi connectivity index (χ0) is 12.3. The Morgan fingerprint density at radius 3 is 2.71 bits per heavy atom. The predicted octanol–water partition coefficient (Wildman–Crippen LogP) is 3.08. The predicted molar refractivity (Wildman–Crippen MR) is 65.8 cm³/mol. The highest BCUT2D eigenvalue weighted by molar-refractivity contribution is 5.97. The smallest absolute Gasteiger partial charge is 0.163 e. The van der Waals surface area contributed by atoms with Gasteiger partial charge in [0.2, 0.25) is 0 Å². The molecule has 0 spiro atoms. The summed E-state index contributed by atoms with van der Waals surface area (Å²) in [7, 11) is 1.61. The average Bonchev–Trinajstić information content (AvgIpc) is 2.26. The van der Waals surface area contributed by atoms with Gasteiger partial charge in [0.15, 0.2) is 5.78 Å². The fraction of sp³-hybridized carbons (Fsp3) is 0.500. The van der Waals surface area contributed by atoms with Gasteiger partial charge in [0.1, 0.15) is 11.5 Å². The van der Waals surface area contributed by atoms with Crippen molar-refractivity contribution in [3.05, 3.63) is 23.8 Å². The third-order valence-corrected chi connectivity index (χ3v) is 3.27. The van der Waals surface area contributed by atoms with Gasteiger partial charge in [-0.1, -0.05) is 6.42 Å². The van der Waals surface area contributed by atoms with Crippen molar-refractivity contribution in [2.45, 2.75) is 26.2 Å². The molecule has 1 aromatic carbocycles. The minimum absolute atomic E-state index is 0.0243. The summed E-state index contributed by atoms with van der Waals surface area (Å²) in [5.74, 6) is 2.04. The lowest BCUT2D eigenvalue weighted by molar-refractivity contribution is 0.101. The molecule has 1 saturated carbocycles. The summed E-state index contributed by atoms with van der Waals surface area (Å²) in [6, 6.07) is 5.33. The zero-order valence-electron chi connectivity index (χ0n) is 10.4. The monoisotopic (exact) mass is 234 g/mol. The Bertz CT molecular complexity index is 408. The first-order valence-corrected chi connectivity index (χ1v) is 6.02. The van der Waals surface area contributed by atoms with Crippen LogP contribution in [0.1, 0.15) is 36.5 Å². The highest BCUT2D eigenvalue weighted by Crippen LogP contribution is 2.30. The van der Waals surface area contributed by atoms with Crippen LogP contribution in [-0.2, 0) is 0 Å². The van der Waals surface area contributed by atoms with Crippen molar-refractivity contribution in [2.24, 2.45) is 5.92 Å². The van der Waals surface area contributed by atoms with E-state index in [4.69, 9.17) is 9.47 Å². The average molecular weight is 234 g/mol. The molecule has 0 aliphatic heterocycles. The summed E-state index contributed by atoms with van der Waals surface area (Å²) < 4.78 is 10.9. The molecule has 0 radical (unpaired) electrons. The maximum Gasteiger partial charge on any atom is 0.163 e. The Morgan fingerprint density at radius 1 is 1.41 bits per heavy atom. The first kappa shape index (κ1) is 12.0. The SMILES string of the molecule is COc1ccc(C(C)=O)c(OCC2CCC2)c1. The first-order valence-electron chi connectivity index (χ1n) is 6.02. The fourth-order valence-electron chi connectivity index (χ4n) is 1.91. The number of hydrogen-bond acceptors (Lipinski definition) is 3. The van der Waals surface area contributed by atoms with E-state index in [1.165, 1.54) is 19.3 Å². The van der Waals surface area contributed by atoms with Crippen LogP contribution < -0.4 is 9.47 Å². The molecule has 0 amide bonds. The summed E-state index contributed by atoms with van der Waals surface area (Å²) in [6.45, 7) is 2.26. The molecular weight excluding hydrogens is 216 g/mol. The topological polar surface area (TPSA) is 35.5 Å². The second kappa shape index (κ2) is 5.21. The Hall–Kier alpha value is -1.51. The molecule has 3 nitrogen and oxygen atoms in total. The second-order valence-electron chi connectivity index (χ2n) is 4.53. The molecule has 0 atom stereocenters. The molecule has 3 heteroatoms. The van der Waals surface area contributed by atoms with Crippen LogP contribution in [0, 0.1) is 5.92 Å². The van der Waals surface area contributed by atoms with Crippen LogP contribution in [0.2, 0.25) is 0 Å². The Balaban J connectivity index is 2.12. The molecular formula is C14H18O3. The summed E-state index contributed by atoms with van der Waals surface area (Å²) in [5, 5.41) is 0. The highest BCUT2D eigenvalue weighted by Gasteiger charge is 2.19. The molecule has 1 fully saturated rings. The number of carbonyl (C=O) groups is 1. The standard InChI is InChI=1S/C14H18O3/c1-10(15)13-7-6-12(16-2)8-14(13)17-9-11-4-3-5-11/h6-8,11H,3-5,9H2,1-2H3. The third-order valence-electron chi connectivity index (χ3n) is 3.27. The number of Topliss-reactive ketones (excluding diaryl/α,β-unsaturated/α-hetero) is 1. The van der Waals surface area contributed by atoms with Gasteiger partial charge >= 0.3 is 0 Å². The van der Waals surface area contributed by atoms with Crippen LogP contribution in [0.15, 0.2) is 18.2 Å².